The highest BCUT2D eigenvalue weighted by Gasteiger charge is 2.22. The molecule has 19 heavy (non-hydrogen) atoms. The van der Waals surface area contributed by atoms with Crippen molar-refractivity contribution in [1.82, 2.24) is 10.6 Å². The van der Waals surface area contributed by atoms with E-state index in [0.717, 1.165) is 25.1 Å². The van der Waals surface area contributed by atoms with Crippen LogP contribution in [0.25, 0.3) is 0 Å². The third kappa shape index (κ3) is 5.19. The molecule has 1 aromatic carbocycles. The summed E-state index contributed by atoms with van der Waals surface area (Å²) in [6.45, 7) is 1.98. The summed E-state index contributed by atoms with van der Waals surface area (Å²) in [4.78, 5) is 11.7. The van der Waals surface area contributed by atoms with Crippen molar-refractivity contribution < 1.29 is 9.90 Å². The van der Waals surface area contributed by atoms with E-state index in [1.807, 2.05) is 30.3 Å². The average Bonchev–Trinajstić information content (AvgIpc) is 2.91. The highest BCUT2D eigenvalue weighted by atomic mass is 35.5. The Morgan fingerprint density at radius 2 is 2.16 bits per heavy atom. The van der Waals surface area contributed by atoms with Crippen LogP contribution in [0.3, 0.4) is 0 Å². The number of hydrogen-bond donors (Lipinski definition) is 3. The van der Waals surface area contributed by atoms with Crippen molar-refractivity contribution in [3.8, 4) is 0 Å². The summed E-state index contributed by atoms with van der Waals surface area (Å²) >= 11 is 0. The van der Waals surface area contributed by atoms with E-state index in [4.69, 9.17) is 0 Å². The predicted octanol–water partition coefficient (Wildman–Crippen LogP) is 0.737. The molecular formula is C14H21ClN2O2. The highest BCUT2D eigenvalue weighted by Crippen LogP contribution is 2.07. The summed E-state index contributed by atoms with van der Waals surface area (Å²) < 4.78 is 0. The molecule has 0 aliphatic carbocycles. The SMILES string of the molecule is Cl.O=C(NCC(O)Cc1ccccc1)C1CCNC1. The minimum Gasteiger partial charge on any atom is -0.391 e. The zero-order valence-corrected chi connectivity index (χ0v) is 11.7. The number of carbonyl (C=O) groups is 1. The van der Waals surface area contributed by atoms with Gasteiger partial charge >= 0.3 is 0 Å². The van der Waals surface area contributed by atoms with Gasteiger partial charge in [0.1, 0.15) is 0 Å². The van der Waals surface area contributed by atoms with Crippen LogP contribution in [-0.4, -0.2) is 36.8 Å². The number of rotatable bonds is 5. The monoisotopic (exact) mass is 284 g/mol. The molecule has 0 saturated carbocycles. The van der Waals surface area contributed by atoms with Gasteiger partial charge in [-0.3, -0.25) is 4.79 Å². The van der Waals surface area contributed by atoms with Gasteiger partial charge in [0.2, 0.25) is 5.91 Å². The van der Waals surface area contributed by atoms with Crippen LogP contribution in [0.1, 0.15) is 12.0 Å². The molecule has 2 atom stereocenters. The van der Waals surface area contributed by atoms with Crippen molar-refractivity contribution in [1.29, 1.82) is 0 Å². The molecule has 0 radical (unpaired) electrons. The summed E-state index contributed by atoms with van der Waals surface area (Å²) in [6.07, 6.45) is 0.940. The minimum atomic E-state index is -0.522. The van der Waals surface area contributed by atoms with Crippen LogP contribution < -0.4 is 10.6 Å². The zero-order valence-electron chi connectivity index (χ0n) is 10.8. The van der Waals surface area contributed by atoms with Crippen LogP contribution in [0.5, 0.6) is 0 Å². The third-order valence-corrected chi connectivity index (χ3v) is 3.26. The Morgan fingerprint density at radius 1 is 1.42 bits per heavy atom. The topological polar surface area (TPSA) is 61.4 Å². The number of halogens is 1. The van der Waals surface area contributed by atoms with E-state index in [0.29, 0.717) is 13.0 Å². The summed E-state index contributed by atoms with van der Waals surface area (Å²) in [5.74, 6) is 0.112. The number of hydrogen-bond acceptors (Lipinski definition) is 3. The van der Waals surface area contributed by atoms with Gasteiger partial charge in [0, 0.05) is 19.5 Å². The number of benzene rings is 1. The van der Waals surface area contributed by atoms with Crippen LogP contribution in [0.4, 0.5) is 0 Å². The quantitative estimate of drug-likeness (QED) is 0.747. The van der Waals surface area contributed by atoms with Gasteiger partial charge in [0.05, 0.1) is 12.0 Å². The molecule has 3 N–H and O–H groups in total. The van der Waals surface area contributed by atoms with Gasteiger partial charge in [-0.15, -0.1) is 12.4 Å². The molecule has 1 aliphatic heterocycles. The molecule has 1 aliphatic rings. The number of aliphatic hydroxyl groups excluding tert-OH is 1. The Hall–Kier alpha value is -1.10. The number of nitrogens with one attached hydrogen (secondary N) is 2. The number of amides is 1. The Kier molecular flexibility index (Phi) is 6.84. The third-order valence-electron chi connectivity index (χ3n) is 3.26. The molecule has 106 valence electrons. The number of carbonyl (C=O) groups excluding carboxylic acids is 1. The summed E-state index contributed by atoms with van der Waals surface area (Å²) in [6, 6.07) is 9.80. The van der Waals surface area contributed by atoms with Gasteiger partial charge < -0.3 is 15.7 Å². The Balaban J connectivity index is 0.00000180. The molecule has 0 aromatic heterocycles. The van der Waals surface area contributed by atoms with E-state index in [9.17, 15) is 9.90 Å². The molecule has 1 saturated heterocycles. The second kappa shape index (κ2) is 8.15. The summed E-state index contributed by atoms with van der Waals surface area (Å²) in [5, 5.41) is 15.8. The highest BCUT2D eigenvalue weighted by molar-refractivity contribution is 5.85. The van der Waals surface area contributed by atoms with Crippen molar-refractivity contribution in [2.45, 2.75) is 18.9 Å². The maximum Gasteiger partial charge on any atom is 0.224 e. The van der Waals surface area contributed by atoms with Crippen molar-refractivity contribution in [3.63, 3.8) is 0 Å². The largest absolute Gasteiger partial charge is 0.391 e. The van der Waals surface area contributed by atoms with Crippen molar-refractivity contribution >= 4 is 18.3 Å². The first-order chi connectivity index (χ1) is 8.75. The van der Waals surface area contributed by atoms with Gasteiger partial charge in [-0.1, -0.05) is 30.3 Å². The second-order valence-electron chi connectivity index (χ2n) is 4.78. The first kappa shape index (κ1) is 16.0. The molecule has 1 amide bonds. The Labute approximate surface area is 120 Å². The lowest BCUT2D eigenvalue weighted by Gasteiger charge is -2.14. The van der Waals surface area contributed by atoms with Crippen LogP contribution >= 0.6 is 12.4 Å². The standard InChI is InChI=1S/C14H20N2O2.ClH/c17-13(8-11-4-2-1-3-5-11)10-16-14(18)12-6-7-15-9-12;/h1-5,12-13,15,17H,6-10H2,(H,16,18);1H. The Morgan fingerprint density at radius 3 is 2.79 bits per heavy atom. The maximum absolute atomic E-state index is 11.7. The second-order valence-corrected chi connectivity index (χ2v) is 4.78. The van der Waals surface area contributed by atoms with Gasteiger partial charge in [0.25, 0.3) is 0 Å². The zero-order chi connectivity index (χ0) is 12.8. The van der Waals surface area contributed by atoms with Crippen LogP contribution in [0.15, 0.2) is 30.3 Å². The van der Waals surface area contributed by atoms with Crippen molar-refractivity contribution in [2.24, 2.45) is 5.92 Å². The average molecular weight is 285 g/mol. The fourth-order valence-electron chi connectivity index (χ4n) is 2.20. The van der Waals surface area contributed by atoms with E-state index in [1.54, 1.807) is 0 Å². The van der Waals surface area contributed by atoms with E-state index in [-0.39, 0.29) is 24.2 Å². The van der Waals surface area contributed by atoms with E-state index < -0.39 is 6.10 Å². The minimum absolute atomic E-state index is 0. The number of aliphatic hydroxyl groups is 1. The van der Waals surface area contributed by atoms with Gasteiger partial charge in [-0.05, 0) is 18.5 Å². The molecule has 4 nitrogen and oxygen atoms in total. The van der Waals surface area contributed by atoms with Crippen molar-refractivity contribution in [2.75, 3.05) is 19.6 Å². The lowest BCUT2D eigenvalue weighted by atomic mass is 10.1. The molecule has 5 heteroatoms. The van der Waals surface area contributed by atoms with Gasteiger partial charge in [-0.2, -0.15) is 0 Å². The normalized spacial score (nSPS) is 19.5. The lowest BCUT2D eigenvalue weighted by molar-refractivity contribution is -0.124. The fourth-order valence-corrected chi connectivity index (χ4v) is 2.20. The molecule has 2 rings (SSSR count). The van der Waals surface area contributed by atoms with E-state index >= 15 is 0 Å². The van der Waals surface area contributed by atoms with E-state index in [2.05, 4.69) is 10.6 Å². The summed E-state index contributed by atoms with van der Waals surface area (Å²) in [7, 11) is 0. The first-order valence-electron chi connectivity index (χ1n) is 6.46. The molecule has 0 spiro atoms. The predicted molar refractivity (Wildman–Crippen MR) is 77.4 cm³/mol. The van der Waals surface area contributed by atoms with Crippen LogP contribution in [0.2, 0.25) is 0 Å². The lowest BCUT2D eigenvalue weighted by Crippen LogP contribution is -2.37. The van der Waals surface area contributed by atoms with E-state index in [1.165, 1.54) is 0 Å². The maximum atomic E-state index is 11.7. The van der Waals surface area contributed by atoms with Crippen LogP contribution in [0, 0.1) is 5.92 Å². The molecule has 0 bridgehead atoms. The summed E-state index contributed by atoms with van der Waals surface area (Å²) in [5.41, 5.74) is 1.08. The van der Waals surface area contributed by atoms with Gasteiger partial charge in [0.15, 0.2) is 0 Å². The molecule has 1 aromatic rings. The first-order valence-corrected chi connectivity index (χ1v) is 6.46. The molecule has 2 unspecified atom stereocenters. The molecule has 1 heterocycles. The van der Waals surface area contributed by atoms with Crippen molar-refractivity contribution in [3.05, 3.63) is 35.9 Å². The van der Waals surface area contributed by atoms with Crippen LogP contribution in [-0.2, 0) is 11.2 Å². The molecule has 1 fully saturated rings. The molecular weight excluding hydrogens is 264 g/mol. The Bertz CT molecular complexity index is 380. The smallest absolute Gasteiger partial charge is 0.224 e. The van der Waals surface area contributed by atoms with Gasteiger partial charge in [-0.25, -0.2) is 0 Å². The fraction of sp³-hybridized carbons (Fsp3) is 0.500.